The summed E-state index contributed by atoms with van der Waals surface area (Å²) in [6.07, 6.45) is 3.95. The Morgan fingerprint density at radius 1 is 1.33 bits per heavy atom. The summed E-state index contributed by atoms with van der Waals surface area (Å²) in [7, 11) is 0. The fourth-order valence-electron chi connectivity index (χ4n) is 2.55. The Balaban J connectivity index is 1.89. The zero-order valence-electron chi connectivity index (χ0n) is 10.3. The van der Waals surface area contributed by atoms with Gasteiger partial charge in [0.2, 0.25) is 0 Å². The van der Waals surface area contributed by atoms with Gasteiger partial charge in [-0.15, -0.1) is 0 Å². The smallest absolute Gasteiger partial charge is 0.152 e. The summed E-state index contributed by atoms with van der Waals surface area (Å²) in [6, 6.07) is 10.9. The van der Waals surface area contributed by atoms with E-state index in [0.29, 0.717) is 11.2 Å². The quantitative estimate of drug-likeness (QED) is 0.819. The minimum atomic E-state index is 0.349. The minimum Gasteiger partial charge on any atom is -0.376 e. The van der Waals surface area contributed by atoms with Crippen molar-refractivity contribution >= 4 is 17.3 Å². The van der Waals surface area contributed by atoms with Crippen LogP contribution in [-0.4, -0.2) is 4.98 Å². The van der Waals surface area contributed by atoms with Crippen molar-refractivity contribution in [3.8, 4) is 0 Å². The summed E-state index contributed by atoms with van der Waals surface area (Å²) in [6.45, 7) is 2.13. The van der Waals surface area contributed by atoms with Crippen LogP contribution in [0.1, 0.15) is 29.2 Å². The minimum absolute atomic E-state index is 0.349. The van der Waals surface area contributed by atoms with Crippen LogP contribution in [0.3, 0.4) is 0 Å². The van der Waals surface area contributed by atoms with E-state index in [0.717, 1.165) is 18.5 Å². The van der Waals surface area contributed by atoms with Crippen LogP contribution in [0.15, 0.2) is 36.5 Å². The molecule has 0 fully saturated rings. The van der Waals surface area contributed by atoms with E-state index in [-0.39, 0.29) is 0 Å². The summed E-state index contributed by atoms with van der Waals surface area (Å²) >= 11 is 6.09. The normalized spacial score (nSPS) is 17.6. The molecule has 0 amide bonds. The number of fused-ring (bicyclic) bond motifs is 1. The number of nitrogens with one attached hydrogen (secondary N) is 1. The number of hydrogen-bond donors (Lipinski definition) is 1. The molecule has 0 bridgehead atoms. The molecule has 1 unspecified atom stereocenters. The molecule has 3 rings (SSSR count). The highest BCUT2D eigenvalue weighted by atomic mass is 35.5. The number of benzene rings is 1. The van der Waals surface area contributed by atoms with E-state index in [9.17, 15) is 0 Å². The molecule has 1 aliphatic carbocycles. The van der Waals surface area contributed by atoms with Crippen LogP contribution in [0.25, 0.3) is 0 Å². The average molecular weight is 259 g/mol. The molecule has 92 valence electrons. The lowest BCUT2D eigenvalue weighted by atomic mass is 10.0. The predicted octanol–water partition coefficient (Wildman–Crippen LogP) is 4.14. The van der Waals surface area contributed by atoms with Crippen LogP contribution < -0.4 is 5.32 Å². The third kappa shape index (κ3) is 2.08. The molecule has 0 radical (unpaired) electrons. The Bertz CT molecular complexity index is 580. The predicted molar refractivity (Wildman–Crippen MR) is 75.1 cm³/mol. The van der Waals surface area contributed by atoms with Crippen LogP contribution in [-0.2, 0) is 6.42 Å². The molecule has 1 aliphatic rings. The van der Waals surface area contributed by atoms with E-state index in [1.165, 1.54) is 16.7 Å². The lowest BCUT2D eigenvalue weighted by Gasteiger charge is -2.16. The number of aryl methyl sites for hydroxylation is 2. The third-order valence-electron chi connectivity index (χ3n) is 3.47. The fourth-order valence-corrected chi connectivity index (χ4v) is 2.73. The van der Waals surface area contributed by atoms with Crippen molar-refractivity contribution < 1.29 is 0 Å². The van der Waals surface area contributed by atoms with Gasteiger partial charge in [0.25, 0.3) is 0 Å². The number of halogens is 1. The van der Waals surface area contributed by atoms with Crippen molar-refractivity contribution in [1.29, 1.82) is 0 Å². The van der Waals surface area contributed by atoms with Gasteiger partial charge in [0.05, 0.1) is 11.7 Å². The molecule has 0 saturated heterocycles. The Labute approximate surface area is 112 Å². The SMILES string of the molecule is Cc1ccc2c(c1)C(Nc1cccnc1Cl)CC2. The Morgan fingerprint density at radius 2 is 2.22 bits per heavy atom. The maximum atomic E-state index is 6.09. The largest absolute Gasteiger partial charge is 0.376 e. The molecule has 1 heterocycles. The topological polar surface area (TPSA) is 24.9 Å². The summed E-state index contributed by atoms with van der Waals surface area (Å²) in [5, 5.41) is 4.04. The molecular formula is C15H15ClN2. The highest BCUT2D eigenvalue weighted by molar-refractivity contribution is 6.31. The van der Waals surface area contributed by atoms with Gasteiger partial charge < -0.3 is 5.32 Å². The Hall–Kier alpha value is -1.54. The van der Waals surface area contributed by atoms with E-state index >= 15 is 0 Å². The maximum Gasteiger partial charge on any atom is 0.152 e. The van der Waals surface area contributed by atoms with Crippen molar-refractivity contribution in [3.63, 3.8) is 0 Å². The lowest BCUT2D eigenvalue weighted by Crippen LogP contribution is -2.08. The maximum absolute atomic E-state index is 6.09. The Morgan fingerprint density at radius 3 is 3.06 bits per heavy atom. The van der Waals surface area contributed by atoms with Crippen LogP contribution >= 0.6 is 11.6 Å². The highest BCUT2D eigenvalue weighted by Gasteiger charge is 2.22. The first-order valence-electron chi connectivity index (χ1n) is 6.20. The zero-order valence-corrected chi connectivity index (χ0v) is 11.0. The van der Waals surface area contributed by atoms with Gasteiger partial charge in [-0.2, -0.15) is 0 Å². The summed E-state index contributed by atoms with van der Waals surface area (Å²) in [4.78, 5) is 4.10. The molecule has 2 aromatic rings. The molecule has 2 nitrogen and oxygen atoms in total. The molecule has 1 N–H and O–H groups in total. The number of aromatic nitrogens is 1. The van der Waals surface area contributed by atoms with E-state index in [1.807, 2.05) is 12.1 Å². The lowest BCUT2D eigenvalue weighted by molar-refractivity contribution is 0.761. The van der Waals surface area contributed by atoms with Crippen LogP contribution in [0.2, 0.25) is 5.15 Å². The van der Waals surface area contributed by atoms with Crippen LogP contribution in [0.4, 0.5) is 5.69 Å². The fraction of sp³-hybridized carbons (Fsp3) is 0.267. The molecule has 1 aromatic heterocycles. The number of hydrogen-bond acceptors (Lipinski definition) is 2. The summed E-state index contributed by atoms with van der Waals surface area (Å²) < 4.78 is 0. The Kier molecular flexibility index (Phi) is 2.96. The number of pyridine rings is 1. The first kappa shape index (κ1) is 11.5. The van der Waals surface area contributed by atoms with Gasteiger partial charge in [-0.3, -0.25) is 0 Å². The number of anilines is 1. The van der Waals surface area contributed by atoms with Gasteiger partial charge in [0, 0.05) is 6.20 Å². The second-order valence-electron chi connectivity index (χ2n) is 4.78. The van der Waals surface area contributed by atoms with Crippen molar-refractivity contribution in [1.82, 2.24) is 4.98 Å². The van der Waals surface area contributed by atoms with Crippen molar-refractivity contribution in [2.24, 2.45) is 0 Å². The zero-order chi connectivity index (χ0) is 12.5. The van der Waals surface area contributed by atoms with E-state index < -0.39 is 0 Å². The van der Waals surface area contributed by atoms with Crippen molar-refractivity contribution in [2.45, 2.75) is 25.8 Å². The van der Waals surface area contributed by atoms with Gasteiger partial charge in [-0.1, -0.05) is 35.4 Å². The van der Waals surface area contributed by atoms with E-state index in [4.69, 9.17) is 11.6 Å². The van der Waals surface area contributed by atoms with Crippen LogP contribution in [0.5, 0.6) is 0 Å². The van der Waals surface area contributed by atoms with Gasteiger partial charge in [-0.05, 0) is 43.0 Å². The molecule has 0 spiro atoms. The monoisotopic (exact) mass is 258 g/mol. The first-order valence-corrected chi connectivity index (χ1v) is 6.58. The molecule has 3 heteroatoms. The first-order chi connectivity index (χ1) is 8.74. The highest BCUT2D eigenvalue weighted by Crippen LogP contribution is 2.35. The third-order valence-corrected chi connectivity index (χ3v) is 3.77. The van der Waals surface area contributed by atoms with Crippen molar-refractivity contribution in [2.75, 3.05) is 5.32 Å². The standard InChI is InChI=1S/C15H15ClN2/c1-10-4-5-11-6-7-13(12(11)9-10)18-14-3-2-8-17-15(14)16/h2-5,8-9,13,18H,6-7H2,1H3. The van der Waals surface area contributed by atoms with Crippen molar-refractivity contribution in [3.05, 3.63) is 58.4 Å². The molecule has 18 heavy (non-hydrogen) atoms. The van der Waals surface area contributed by atoms with E-state index in [2.05, 4.69) is 35.4 Å². The number of nitrogens with zero attached hydrogens (tertiary/aromatic N) is 1. The van der Waals surface area contributed by atoms with Gasteiger partial charge in [0.1, 0.15) is 0 Å². The van der Waals surface area contributed by atoms with Gasteiger partial charge in [0.15, 0.2) is 5.15 Å². The average Bonchev–Trinajstić information content (AvgIpc) is 2.75. The molecule has 0 saturated carbocycles. The molecule has 0 aliphatic heterocycles. The number of rotatable bonds is 2. The van der Waals surface area contributed by atoms with Gasteiger partial charge >= 0.3 is 0 Å². The summed E-state index contributed by atoms with van der Waals surface area (Å²) in [5.41, 5.74) is 5.06. The summed E-state index contributed by atoms with van der Waals surface area (Å²) in [5.74, 6) is 0. The second-order valence-corrected chi connectivity index (χ2v) is 5.14. The molecule has 1 aromatic carbocycles. The molecular weight excluding hydrogens is 244 g/mol. The van der Waals surface area contributed by atoms with Crippen LogP contribution in [0, 0.1) is 6.92 Å². The second kappa shape index (κ2) is 4.62. The van der Waals surface area contributed by atoms with E-state index in [1.54, 1.807) is 6.20 Å². The van der Waals surface area contributed by atoms with Gasteiger partial charge in [-0.25, -0.2) is 4.98 Å². The molecule has 1 atom stereocenters.